The summed E-state index contributed by atoms with van der Waals surface area (Å²) in [6.07, 6.45) is 2.25. The van der Waals surface area contributed by atoms with E-state index in [-0.39, 0.29) is 24.0 Å². The van der Waals surface area contributed by atoms with Crippen molar-refractivity contribution in [1.29, 1.82) is 0 Å². The van der Waals surface area contributed by atoms with Gasteiger partial charge in [-0.25, -0.2) is 4.99 Å². The molecule has 1 aromatic heterocycles. The highest BCUT2D eigenvalue weighted by Crippen LogP contribution is 2.25. The van der Waals surface area contributed by atoms with Crippen LogP contribution in [0.5, 0.6) is 5.75 Å². The van der Waals surface area contributed by atoms with Gasteiger partial charge in [-0.05, 0) is 61.4 Å². The first-order valence-electron chi connectivity index (χ1n) is 9.66. The molecule has 154 valence electrons. The molecule has 0 unspecified atom stereocenters. The van der Waals surface area contributed by atoms with Gasteiger partial charge in [0.1, 0.15) is 5.75 Å². The van der Waals surface area contributed by atoms with Crippen LogP contribution in [0.15, 0.2) is 40.7 Å². The molecule has 5 nitrogen and oxygen atoms in total. The summed E-state index contributed by atoms with van der Waals surface area (Å²) in [6.45, 7) is 7.84. The molecule has 1 saturated heterocycles. The van der Waals surface area contributed by atoms with Gasteiger partial charge in [-0.1, -0.05) is 12.1 Å². The Morgan fingerprint density at radius 1 is 1.29 bits per heavy atom. The maximum absolute atomic E-state index is 5.42. The molecule has 1 aliphatic rings. The van der Waals surface area contributed by atoms with Crippen LogP contribution >= 0.6 is 35.3 Å². The van der Waals surface area contributed by atoms with E-state index in [1.165, 1.54) is 5.00 Å². The monoisotopic (exact) mass is 514 g/mol. The molecule has 0 saturated carbocycles. The van der Waals surface area contributed by atoms with Gasteiger partial charge in [-0.3, -0.25) is 0 Å². The number of benzene rings is 1. The SMILES string of the molecule is CCNC(=NCc1ccc(C)c(OC)c1)NC1CCN(c2cccs2)CC1.I. The number of nitrogens with one attached hydrogen (secondary N) is 2. The molecule has 1 aliphatic heterocycles. The number of rotatable bonds is 6. The zero-order valence-electron chi connectivity index (χ0n) is 16.9. The first kappa shape index (κ1) is 22.8. The second-order valence-electron chi connectivity index (χ2n) is 6.86. The van der Waals surface area contributed by atoms with Crippen molar-refractivity contribution in [3.8, 4) is 5.75 Å². The molecule has 28 heavy (non-hydrogen) atoms. The number of thiophene rings is 1. The minimum absolute atomic E-state index is 0. The molecule has 0 amide bonds. The molecule has 3 rings (SSSR count). The van der Waals surface area contributed by atoms with E-state index in [1.54, 1.807) is 7.11 Å². The van der Waals surface area contributed by atoms with Crippen molar-refractivity contribution < 1.29 is 4.74 Å². The van der Waals surface area contributed by atoms with E-state index in [9.17, 15) is 0 Å². The normalized spacial score (nSPS) is 15.1. The van der Waals surface area contributed by atoms with Crippen molar-refractivity contribution in [1.82, 2.24) is 10.6 Å². The highest BCUT2D eigenvalue weighted by atomic mass is 127. The van der Waals surface area contributed by atoms with Crippen molar-refractivity contribution in [2.75, 3.05) is 31.6 Å². The summed E-state index contributed by atoms with van der Waals surface area (Å²) in [5, 5.41) is 10.5. The van der Waals surface area contributed by atoms with Crippen LogP contribution in [0.2, 0.25) is 0 Å². The van der Waals surface area contributed by atoms with Gasteiger partial charge in [0.25, 0.3) is 0 Å². The molecule has 0 aliphatic carbocycles. The predicted molar refractivity (Wildman–Crippen MR) is 131 cm³/mol. The van der Waals surface area contributed by atoms with Crippen LogP contribution in [0.1, 0.15) is 30.9 Å². The smallest absolute Gasteiger partial charge is 0.191 e. The summed E-state index contributed by atoms with van der Waals surface area (Å²) < 4.78 is 5.42. The van der Waals surface area contributed by atoms with E-state index in [4.69, 9.17) is 9.73 Å². The Bertz CT molecular complexity index is 743. The number of halogens is 1. The van der Waals surface area contributed by atoms with Crippen molar-refractivity contribution in [2.24, 2.45) is 4.99 Å². The molecule has 0 atom stereocenters. The van der Waals surface area contributed by atoms with Gasteiger partial charge in [-0.15, -0.1) is 35.3 Å². The molecule has 2 heterocycles. The second-order valence-corrected chi connectivity index (χ2v) is 7.78. The van der Waals surface area contributed by atoms with E-state index < -0.39 is 0 Å². The van der Waals surface area contributed by atoms with E-state index in [0.717, 1.165) is 55.3 Å². The fourth-order valence-corrected chi connectivity index (χ4v) is 4.13. The largest absolute Gasteiger partial charge is 0.496 e. The molecular weight excluding hydrogens is 483 g/mol. The number of piperidine rings is 1. The number of aryl methyl sites for hydroxylation is 1. The van der Waals surface area contributed by atoms with Crippen LogP contribution in [0.25, 0.3) is 0 Å². The molecule has 1 fully saturated rings. The third-order valence-corrected chi connectivity index (χ3v) is 5.82. The van der Waals surface area contributed by atoms with E-state index in [2.05, 4.69) is 65.1 Å². The van der Waals surface area contributed by atoms with Crippen LogP contribution in [0.4, 0.5) is 5.00 Å². The lowest BCUT2D eigenvalue weighted by Crippen LogP contribution is -2.48. The van der Waals surface area contributed by atoms with Crippen LogP contribution in [0.3, 0.4) is 0 Å². The quantitative estimate of drug-likeness (QED) is 0.341. The summed E-state index contributed by atoms with van der Waals surface area (Å²) in [7, 11) is 1.71. The maximum atomic E-state index is 5.42. The van der Waals surface area contributed by atoms with E-state index >= 15 is 0 Å². The molecule has 2 N–H and O–H groups in total. The highest BCUT2D eigenvalue weighted by Gasteiger charge is 2.20. The van der Waals surface area contributed by atoms with Gasteiger partial charge < -0.3 is 20.3 Å². The zero-order chi connectivity index (χ0) is 19.1. The van der Waals surface area contributed by atoms with Crippen LogP contribution in [0, 0.1) is 6.92 Å². The minimum Gasteiger partial charge on any atom is -0.496 e. The fourth-order valence-electron chi connectivity index (χ4n) is 3.34. The van der Waals surface area contributed by atoms with Gasteiger partial charge in [0.05, 0.1) is 18.7 Å². The Labute approximate surface area is 189 Å². The number of ether oxygens (including phenoxy) is 1. The molecule has 0 radical (unpaired) electrons. The standard InChI is InChI=1S/C21H30N4OS.HI/c1-4-22-21(23-15-17-8-7-16(2)19(14-17)26-3)24-18-9-11-25(12-10-18)20-6-5-13-27-20;/h5-8,13-14,18H,4,9-12,15H2,1-3H3,(H2,22,23,24);1H. The molecule has 7 heteroatoms. The summed E-state index contributed by atoms with van der Waals surface area (Å²) in [5.41, 5.74) is 2.30. The van der Waals surface area contributed by atoms with Crippen molar-refractivity contribution in [2.45, 2.75) is 39.3 Å². The Morgan fingerprint density at radius 3 is 2.71 bits per heavy atom. The lowest BCUT2D eigenvalue weighted by Gasteiger charge is -2.33. The topological polar surface area (TPSA) is 48.9 Å². The summed E-state index contributed by atoms with van der Waals surface area (Å²) >= 11 is 1.82. The average molecular weight is 514 g/mol. The number of aliphatic imine (C=N–C) groups is 1. The maximum Gasteiger partial charge on any atom is 0.191 e. The lowest BCUT2D eigenvalue weighted by molar-refractivity contribution is 0.411. The minimum atomic E-state index is 0. The molecule has 0 bridgehead atoms. The van der Waals surface area contributed by atoms with Gasteiger partial charge in [0.2, 0.25) is 0 Å². The molecule has 0 spiro atoms. The molecule has 1 aromatic carbocycles. The number of methoxy groups -OCH3 is 1. The van der Waals surface area contributed by atoms with Crippen LogP contribution < -0.4 is 20.3 Å². The molecule has 2 aromatic rings. The molecular formula is C21H31IN4OS. The lowest BCUT2D eigenvalue weighted by atomic mass is 10.1. The number of nitrogens with zero attached hydrogens (tertiary/aromatic N) is 2. The third-order valence-electron chi connectivity index (χ3n) is 4.89. The van der Waals surface area contributed by atoms with Gasteiger partial charge in [0, 0.05) is 25.7 Å². The van der Waals surface area contributed by atoms with Crippen molar-refractivity contribution >= 4 is 46.3 Å². The van der Waals surface area contributed by atoms with Crippen LogP contribution in [-0.4, -0.2) is 38.7 Å². The highest BCUT2D eigenvalue weighted by molar-refractivity contribution is 14.0. The summed E-state index contributed by atoms with van der Waals surface area (Å²) in [4.78, 5) is 7.26. The second kappa shape index (κ2) is 11.5. The Balaban J connectivity index is 0.00000280. The van der Waals surface area contributed by atoms with Crippen molar-refractivity contribution in [3.63, 3.8) is 0 Å². The van der Waals surface area contributed by atoms with Crippen LogP contribution in [-0.2, 0) is 6.54 Å². The fraction of sp³-hybridized carbons (Fsp3) is 0.476. The zero-order valence-corrected chi connectivity index (χ0v) is 20.1. The van der Waals surface area contributed by atoms with Crippen molar-refractivity contribution in [3.05, 3.63) is 46.8 Å². The van der Waals surface area contributed by atoms with E-state index in [1.807, 2.05) is 11.3 Å². The first-order valence-corrected chi connectivity index (χ1v) is 10.5. The predicted octanol–water partition coefficient (Wildman–Crippen LogP) is 4.41. The number of hydrogen-bond acceptors (Lipinski definition) is 4. The average Bonchev–Trinajstić information content (AvgIpc) is 3.22. The number of hydrogen-bond donors (Lipinski definition) is 2. The van der Waals surface area contributed by atoms with Gasteiger partial charge in [-0.2, -0.15) is 0 Å². The Hall–Kier alpha value is -1.48. The van der Waals surface area contributed by atoms with Gasteiger partial charge in [0.15, 0.2) is 5.96 Å². The Morgan fingerprint density at radius 2 is 2.07 bits per heavy atom. The first-order chi connectivity index (χ1) is 13.2. The summed E-state index contributed by atoms with van der Waals surface area (Å²) in [6, 6.07) is 11.1. The number of anilines is 1. The number of guanidine groups is 1. The summed E-state index contributed by atoms with van der Waals surface area (Å²) in [5.74, 6) is 1.81. The van der Waals surface area contributed by atoms with E-state index in [0.29, 0.717) is 12.6 Å². The Kier molecular flexibility index (Phi) is 9.37. The van der Waals surface area contributed by atoms with Gasteiger partial charge >= 0.3 is 0 Å². The third kappa shape index (κ3) is 6.27.